The molecule has 0 bridgehead atoms. The number of hydrogen-bond donors (Lipinski definition) is 2. The summed E-state index contributed by atoms with van der Waals surface area (Å²) in [7, 11) is 0. The molecule has 2 amide bonds. The average Bonchev–Trinajstić information content (AvgIpc) is 3.48. The molecule has 0 aliphatic carbocycles. The van der Waals surface area contributed by atoms with E-state index in [-0.39, 0.29) is 11.5 Å². The smallest absolute Gasteiger partial charge is 0.307 e. The van der Waals surface area contributed by atoms with Crippen LogP contribution in [0.5, 0.6) is 0 Å². The molecule has 7 nitrogen and oxygen atoms in total. The van der Waals surface area contributed by atoms with Gasteiger partial charge < -0.3 is 4.42 Å². The van der Waals surface area contributed by atoms with Crippen LogP contribution < -0.4 is 10.9 Å². The Morgan fingerprint density at radius 1 is 0.828 bits per heavy atom. The van der Waals surface area contributed by atoms with Crippen molar-refractivity contribution in [2.75, 3.05) is 0 Å². The highest BCUT2D eigenvalue weighted by Gasteiger charge is 2.15. The fourth-order valence-electron chi connectivity index (χ4n) is 2.31. The molecule has 150 valence electrons. The first-order chi connectivity index (χ1) is 14.1. The van der Waals surface area contributed by atoms with E-state index in [9.17, 15) is 9.59 Å². The van der Waals surface area contributed by atoms with E-state index in [1.165, 1.54) is 21.9 Å². The molecule has 0 saturated carbocycles. The van der Waals surface area contributed by atoms with E-state index < -0.39 is 11.8 Å². The van der Waals surface area contributed by atoms with Gasteiger partial charge in [-0.25, -0.2) is 10.9 Å². The molecule has 3 aromatic rings. The lowest BCUT2D eigenvalue weighted by Gasteiger charge is -1.96. The maximum atomic E-state index is 12.1. The number of hydrazone groups is 2. The normalized spacial score (nSPS) is 11.4. The second-order valence-electron chi connectivity index (χ2n) is 5.88. The minimum absolute atomic E-state index is 0.0115. The Morgan fingerprint density at radius 2 is 1.28 bits per heavy atom. The van der Waals surface area contributed by atoms with Crippen molar-refractivity contribution in [1.29, 1.82) is 0 Å². The second-order valence-corrected chi connectivity index (χ2v) is 8.28. The number of furan rings is 1. The molecule has 3 heterocycles. The third-order valence-electron chi connectivity index (χ3n) is 3.83. The first-order valence-corrected chi connectivity index (χ1v) is 10.7. The third kappa shape index (κ3) is 5.72. The zero-order valence-electron chi connectivity index (χ0n) is 16.0. The molecule has 0 spiro atoms. The number of carbonyl (C=O) groups is 2. The molecule has 29 heavy (non-hydrogen) atoms. The van der Waals surface area contributed by atoms with Crippen molar-refractivity contribution in [3.8, 4) is 0 Å². The lowest BCUT2D eigenvalue weighted by molar-refractivity contribution is 0.0902. The number of nitrogens with one attached hydrogen (secondary N) is 2. The van der Waals surface area contributed by atoms with E-state index in [1.54, 1.807) is 35.1 Å². The lowest BCUT2D eigenvalue weighted by Crippen LogP contribution is -2.18. The second kappa shape index (κ2) is 9.94. The average molecular weight is 429 g/mol. The maximum absolute atomic E-state index is 12.1. The molecule has 0 aliphatic rings. The molecule has 3 aromatic heterocycles. The summed E-state index contributed by atoms with van der Waals surface area (Å²) >= 11 is 3.21. The summed E-state index contributed by atoms with van der Waals surface area (Å²) in [6.07, 6.45) is 5.06. The standard InChI is InChI=1S/C20H20N4O3S2/c1-3-13-5-7-15(28-13)11-21-23-19(25)17-9-10-18(27-17)20(26)24-22-12-16-8-6-14(4-2)29-16/h5-12H,3-4H2,1-2H3,(H,23,25)(H,24,26). The van der Waals surface area contributed by atoms with Gasteiger partial charge in [0, 0.05) is 19.5 Å². The zero-order valence-corrected chi connectivity index (χ0v) is 17.6. The van der Waals surface area contributed by atoms with E-state index in [2.05, 4.69) is 34.9 Å². The Morgan fingerprint density at radius 3 is 1.66 bits per heavy atom. The van der Waals surface area contributed by atoms with Gasteiger partial charge in [0.2, 0.25) is 0 Å². The summed E-state index contributed by atoms with van der Waals surface area (Å²) in [5.41, 5.74) is 4.77. The molecule has 0 saturated heterocycles. The number of amides is 2. The maximum Gasteiger partial charge on any atom is 0.307 e. The number of aryl methyl sites for hydroxylation is 2. The van der Waals surface area contributed by atoms with Crippen LogP contribution in [0.3, 0.4) is 0 Å². The zero-order chi connectivity index (χ0) is 20.6. The van der Waals surface area contributed by atoms with Crippen LogP contribution in [0.25, 0.3) is 0 Å². The predicted octanol–water partition coefficient (Wildman–Crippen LogP) is 4.06. The highest BCUT2D eigenvalue weighted by atomic mass is 32.1. The molecule has 0 radical (unpaired) electrons. The predicted molar refractivity (Wildman–Crippen MR) is 116 cm³/mol. The Labute approximate surface area is 176 Å². The Hall–Kier alpha value is -3.04. The summed E-state index contributed by atoms with van der Waals surface area (Å²) in [6, 6.07) is 10.7. The van der Waals surface area contributed by atoms with Gasteiger partial charge in [-0.3, -0.25) is 9.59 Å². The SMILES string of the molecule is CCc1ccc(C=NNC(=O)c2ccc(C(=O)NN=Cc3ccc(CC)s3)o2)s1. The Balaban J connectivity index is 1.52. The molecule has 3 rings (SSSR count). The molecular formula is C20H20N4O3S2. The minimum atomic E-state index is -0.540. The van der Waals surface area contributed by atoms with Crippen molar-refractivity contribution in [2.45, 2.75) is 26.7 Å². The minimum Gasteiger partial charge on any atom is -0.446 e. The number of hydrogen-bond acceptors (Lipinski definition) is 7. The van der Waals surface area contributed by atoms with Crippen molar-refractivity contribution < 1.29 is 14.0 Å². The molecule has 0 atom stereocenters. The van der Waals surface area contributed by atoms with Crippen LogP contribution in [0.1, 0.15) is 54.5 Å². The largest absolute Gasteiger partial charge is 0.446 e. The van der Waals surface area contributed by atoms with Gasteiger partial charge in [-0.15, -0.1) is 22.7 Å². The van der Waals surface area contributed by atoms with Gasteiger partial charge in [0.25, 0.3) is 0 Å². The highest BCUT2D eigenvalue weighted by Crippen LogP contribution is 2.15. The molecular weight excluding hydrogens is 408 g/mol. The van der Waals surface area contributed by atoms with E-state index in [0.29, 0.717) is 0 Å². The van der Waals surface area contributed by atoms with Crippen LogP contribution >= 0.6 is 22.7 Å². The summed E-state index contributed by atoms with van der Waals surface area (Å²) < 4.78 is 5.29. The Bertz CT molecular complexity index is 965. The van der Waals surface area contributed by atoms with Crippen LogP contribution in [0.4, 0.5) is 0 Å². The molecule has 0 unspecified atom stereocenters. The van der Waals surface area contributed by atoms with Gasteiger partial charge in [-0.05, 0) is 49.2 Å². The molecule has 2 N–H and O–H groups in total. The van der Waals surface area contributed by atoms with Crippen molar-refractivity contribution in [3.05, 3.63) is 67.4 Å². The highest BCUT2D eigenvalue weighted by molar-refractivity contribution is 7.14. The number of carbonyl (C=O) groups excluding carboxylic acids is 2. The van der Waals surface area contributed by atoms with Crippen LogP contribution in [0.15, 0.2) is 51.0 Å². The van der Waals surface area contributed by atoms with Gasteiger partial charge in [0.15, 0.2) is 11.5 Å². The summed E-state index contributed by atoms with van der Waals surface area (Å²) in [5, 5.41) is 7.83. The van der Waals surface area contributed by atoms with E-state index >= 15 is 0 Å². The number of thiophene rings is 2. The monoisotopic (exact) mass is 428 g/mol. The van der Waals surface area contributed by atoms with Crippen LogP contribution in [0, 0.1) is 0 Å². The number of rotatable bonds is 8. The van der Waals surface area contributed by atoms with Crippen molar-refractivity contribution >= 4 is 46.9 Å². The van der Waals surface area contributed by atoms with E-state index in [4.69, 9.17) is 4.42 Å². The molecule has 0 aromatic carbocycles. The summed E-state index contributed by atoms with van der Waals surface area (Å²) in [4.78, 5) is 28.5. The lowest BCUT2D eigenvalue weighted by atomic mass is 10.4. The fourth-order valence-corrected chi connectivity index (χ4v) is 3.96. The van der Waals surface area contributed by atoms with Gasteiger partial charge in [-0.2, -0.15) is 10.2 Å². The van der Waals surface area contributed by atoms with Gasteiger partial charge in [0.05, 0.1) is 12.4 Å². The van der Waals surface area contributed by atoms with Crippen LogP contribution in [-0.4, -0.2) is 24.2 Å². The fraction of sp³-hybridized carbons (Fsp3) is 0.200. The van der Waals surface area contributed by atoms with E-state index in [0.717, 1.165) is 22.6 Å². The van der Waals surface area contributed by atoms with Gasteiger partial charge >= 0.3 is 11.8 Å². The molecule has 0 fully saturated rings. The summed E-state index contributed by atoms with van der Waals surface area (Å²) in [5.74, 6) is -1.10. The van der Waals surface area contributed by atoms with Crippen LogP contribution in [0.2, 0.25) is 0 Å². The van der Waals surface area contributed by atoms with Crippen molar-refractivity contribution in [3.63, 3.8) is 0 Å². The molecule has 0 aliphatic heterocycles. The topological polar surface area (TPSA) is 96.1 Å². The quantitative estimate of drug-likeness (QED) is 0.418. The molecule has 9 heteroatoms. The number of nitrogens with zero attached hydrogens (tertiary/aromatic N) is 2. The first-order valence-electron chi connectivity index (χ1n) is 9.03. The van der Waals surface area contributed by atoms with Crippen molar-refractivity contribution in [1.82, 2.24) is 10.9 Å². The summed E-state index contributed by atoms with van der Waals surface area (Å²) in [6.45, 7) is 4.16. The third-order valence-corrected chi connectivity index (χ3v) is 6.16. The van der Waals surface area contributed by atoms with Crippen molar-refractivity contribution in [2.24, 2.45) is 10.2 Å². The van der Waals surface area contributed by atoms with Crippen LogP contribution in [-0.2, 0) is 12.8 Å². The first kappa shape index (κ1) is 20.7. The van der Waals surface area contributed by atoms with Gasteiger partial charge in [-0.1, -0.05) is 13.8 Å². The van der Waals surface area contributed by atoms with Gasteiger partial charge in [0.1, 0.15) is 0 Å². The Kier molecular flexibility index (Phi) is 7.09. The van der Waals surface area contributed by atoms with E-state index in [1.807, 2.05) is 24.3 Å².